The molecule has 0 aliphatic carbocycles. The van der Waals surface area contributed by atoms with E-state index in [-0.39, 0.29) is 12.0 Å². The Labute approximate surface area is 98.8 Å². The molecule has 15 heavy (non-hydrogen) atoms. The Morgan fingerprint density at radius 1 is 1.40 bits per heavy atom. The first kappa shape index (κ1) is 12.9. The van der Waals surface area contributed by atoms with E-state index in [1.807, 2.05) is 0 Å². The number of hydrogen-bond acceptors (Lipinski definition) is 3. The summed E-state index contributed by atoms with van der Waals surface area (Å²) in [6.45, 7) is 2.44. The van der Waals surface area contributed by atoms with Crippen LogP contribution < -0.4 is 5.32 Å². The van der Waals surface area contributed by atoms with Crippen LogP contribution in [0.3, 0.4) is 0 Å². The van der Waals surface area contributed by atoms with Crippen LogP contribution in [0.4, 0.5) is 0 Å². The maximum Gasteiger partial charge on any atom is 0.220 e. The lowest BCUT2D eigenvalue weighted by molar-refractivity contribution is -0.124. The molecule has 1 unspecified atom stereocenters. The van der Waals surface area contributed by atoms with Crippen LogP contribution in [0.15, 0.2) is 0 Å². The summed E-state index contributed by atoms with van der Waals surface area (Å²) in [5.74, 6) is 0.102. The summed E-state index contributed by atoms with van der Waals surface area (Å²) in [4.78, 5) is 11.3. The highest BCUT2D eigenvalue weighted by Gasteiger charge is 2.14. The van der Waals surface area contributed by atoms with E-state index in [0.717, 1.165) is 18.2 Å². The van der Waals surface area contributed by atoms with Gasteiger partial charge in [0.1, 0.15) is 0 Å². The first-order valence-electron chi connectivity index (χ1n) is 5.35. The average Bonchev–Trinajstić information content (AvgIpc) is 2.28. The number of rotatable bonds is 6. The van der Waals surface area contributed by atoms with Crippen LogP contribution in [0.1, 0.15) is 19.3 Å². The maximum absolute atomic E-state index is 11.3. The van der Waals surface area contributed by atoms with Crippen molar-refractivity contribution >= 4 is 21.8 Å². The average molecular weight is 280 g/mol. The quantitative estimate of drug-likeness (QED) is 0.585. The molecule has 1 amide bonds. The molecule has 1 atom stereocenters. The van der Waals surface area contributed by atoms with E-state index in [2.05, 4.69) is 21.2 Å². The zero-order valence-electron chi connectivity index (χ0n) is 8.84. The Morgan fingerprint density at radius 3 is 2.93 bits per heavy atom. The van der Waals surface area contributed by atoms with Gasteiger partial charge in [0.25, 0.3) is 0 Å². The second kappa shape index (κ2) is 8.07. The third-order valence-corrected chi connectivity index (χ3v) is 2.76. The molecule has 1 fully saturated rings. The Kier molecular flexibility index (Phi) is 6.96. The molecule has 0 bridgehead atoms. The van der Waals surface area contributed by atoms with Gasteiger partial charge in [-0.25, -0.2) is 0 Å². The molecular formula is C10H18BrNO3. The first-order valence-corrected chi connectivity index (χ1v) is 6.47. The molecule has 0 saturated carbocycles. The summed E-state index contributed by atoms with van der Waals surface area (Å²) in [6, 6.07) is 0. The fourth-order valence-electron chi connectivity index (χ4n) is 1.35. The molecule has 1 N–H and O–H groups in total. The van der Waals surface area contributed by atoms with Crippen molar-refractivity contribution in [3.8, 4) is 0 Å². The fourth-order valence-corrected chi connectivity index (χ4v) is 1.75. The fraction of sp³-hybridized carbons (Fsp3) is 0.900. The highest BCUT2D eigenvalue weighted by Crippen LogP contribution is 2.01. The molecule has 1 rings (SSSR count). The van der Waals surface area contributed by atoms with Gasteiger partial charge in [-0.15, -0.1) is 0 Å². The van der Waals surface area contributed by atoms with Crippen molar-refractivity contribution in [2.45, 2.75) is 25.4 Å². The highest BCUT2D eigenvalue weighted by atomic mass is 79.9. The Hall–Kier alpha value is -0.130. The predicted molar refractivity (Wildman–Crippen MR) is 61.2 cm³/mol. The number of halogens is 1. The van der Waals surface area contributed by atoms with E-state index in [0.29, 0.717) is 32.8 Å². The number of alkyl halides is 1. The molecular weight excluding hydrogens is 262 g/mol. The molecule has 0 aromatic rings. The van der Waals surface area contributed by atoms with Crippen molar-refractivity contribution in [2.24, 2.45) is 0 Å². The maximum atomic E-state index is 11.3. The minimum absolute atomic E-state index is 0.0267. The summed E-state index contributed by atoms with van der Waals surface area (Å²) in [6.07, 6.45) is 2.59. The van der Waals surface area contributed by atoms with Gasteiger partial charge in [-0.3, -0.25) is 4.79 Å². The van der Waals surface area contributed by atoms with Gasteiger partial charge in [0.05, 0.1) is 25.9 Å². The van der Waals surface area contributed by atoms with Gasteiger partial charge in [-0.05, 0) is 12.8 Å². The van der Waals surface area contributed by atoms with Gasteiger partial charge >= 0.3 is 0 Å². The summed E-state index contributed by atoms with van der Waals surface area (Å²) >= 11 is 3.33. The van der Waals surface area contributed by atoms with Crippen LogP contribution in [-0.2, 0) is 14.3 Å². The van der Waals surface area contributed by atoms with Crippen LogP contribution in [0, 0.1) is 0 Å². The standard InChI is InChI=1S/C10H18BrNO3/c11-4-2-1-3-10(13)12-7-9-8-14-5-6-15-9/h9H,1-8H2,(H,12,13). The minimum atomic E-state index is 0.0267. The minimum Gasteiger partial charge on any atom is -0.376 e. The van der Waals surface area contributed by atoms with Crippen LogP contribution in [0.5, 0.6) is 0 Å². The zero-order chi connectivity index (χ0) is 10.9. The van der Waals surface area contributed by atoms with Crippen molar-refractivity contribution < 1.29 is 14.3 Å². The number of carbonyl (C=O) groups excluding carboxylic acids is 1. The van der Waals surface area contributed by atoms with E-state index in [1.165, 1.54) is 0 Å². The number of ether oxygens (including phenoxy) is 2. The highest BCUT2D eigenvalue weighted by molar-refractivity contribution is 9.09. The number of nitrogens with one attached hydrogen (secondary N) is 1. The monoisotopic (exact) mass is 279 g/mol. The smallest absolute Gasteiger partial charge is 0.220 e. The van der Waals surface area contributed by atoms with Gasteiger partial charge in [0, 0.05) is 18.3 Å². The summed E-state index contributed by atoms with van der Waals surface area (Å²) in [7, 11) is 0. The predicted octanol–water partition coefficient (Wildman–Crippen LogP) is 1.08. The van der Waals surface area contributed by atoms with E-state index < -0.39 is 0 Å². The van der Waals surface area contributed by atoms with Gasteiger partial charge in [-0.2, -0.15) is 0 Å². The van der Waals surface area contributed by atoms with Crippen molar-refractivity contribution in [1.29, 1.82) is 0 Å². The molecule has 1 aliphatic heterocycles. The Bertz CT molecular complexity index is 184. The number of unbranched alkanes of at least 4 members (excludes halogenated alkanes) is 1. The number of amides is 1. The molecule has 1 aliphatic rings. The van der Waals surface area contributed by atoms with Crippen LogP contribution in [0.2, 0.25) is 0 Å². The van der Waals surface area contributed by atoms with Crippen LogP contribution >= 0.6 is 15.9 Å². The second-order valence-corrected chi connectivity index (χ2v) is 4.31. The Balaban J connectivity index is 2.00. The zero-order valence-corrected chi connectivity index (χ0v) is 10.4. The molecule has 5 heteroatoms. The molecule has 4 nitrogen and oxygen atoms in total. The number of hydrogen-bond donors (Lipinski definition) is 1. The summed E-state index contributed by atoms with van der Waals surface area (Å²) in [5, 5.41) is 3.81. The van der Waals surface area contributed by atoms with Gasteiger partial charge in [0.2, 0.25) is 5.91 Å². The molecule has 0 spiro atoms. The topological polar surface area (TPSA) is 47.6 Å². The van der Waals surface area contributed by atoms with Gasteiger partial charge < -0.3 is 14.8 Å². The third kappa shape index (κ3) is 6.12. The molecule has 1 heterocycles. The van der Waals surface area contributed by atoms with E-state index >= 15 is 0 Å². The van der Waals surface area contributed by atoms with Crippen LogP contribution in [0.25, 0.3) is 0 Å². The van der Waals surface area contributed by atoms with Gasteiger partial charge in [0.15, 0.2) is 0 Å². The molecule has 0 aromatic heterocycles. The largest absolute Gasteiger partial charge is 0.376 e. The van der Waals surface area contributed by atoms with Crippen molar-refractivity contribution in [2.75, 3.05) is 31.7 Å². The first-order chi connectivity index (χ1) is 7.33. The van der Waals surface area contributed by atoms with Gasteiger partial charge in [-0.1, -0.05) is 15.9 Å². The summed E-state index contributed by atoms with van der Waals surface area (Å²) < 4.78 is 10.6. The molecule has 1 saturated heterocycles. The Morgan fingerprint density at radius 2 is 2.27 bits per heavy atom. The van der Waals surface area contributed by atoms with E-state index in [1.54, 1.807) is 0 Å². The molecule has 88 valence electrons. The number of carbonyl (C=O) groups is 1. The SMILES string of the molecule is O=C(CCCCBr)NCC1COCCO1. The van der Waals surface area contributed by atoms with Crippen molar-refractivity contribution in [3.63, 3.8) is 0 Å². The lowest BCUT2D eigenvalue weighted by Gasteiger charge is -2.23. The lowest BCUT2D eigenvalue weighted by atomic mass is 10.2. The van der Waals surface area contributed by atoms with Crippen molar-refractivity contribution in [1.82, 2.24) is 5.32 Å². The third-order valence-electron chi connectivity index (χ3n) is 2.20. The summed E-state index contributed by atoms with van der Waals surface area (Å²) in [5.41, 5.74) is 0. The van der Waals surface area contributed by atoms with E-state index in [9.17, 15) is 4.79 Å². The molecule has 0 aromatic carbocycles. The normalized spacial score (nSPS) is 21.3. The van der Waals surface area contributed by atoms with Crippen molar-refractivity contribution in [3.05, 3.63) is 0 Å². The molecule has 0 radical (unpaired) electrons. The lowest BCUT2D eigenvalue weighted by Crippen LogP contribution is -2.39. The van der Waals surface area contributed by atoms with E-state index in [4.69, 9.17) is 9.47 Å². The second-order valence-electron chi connectivity index (χ2n) is 3.52. The van der Waals surface area contributed by atoms with Crippen LogP contribution in [-0.4, -0.2) is 43.7 Å².